The van der Waals surface area contributed by atoms with Gasteiger partial charge in [0, 0.05) is 57.6 Å². The topological polar surface area (TPSA) is 62.1 Å². The van der Waals surface area contributed by atoms with Crippen molar-refractivity contribution in [3.63, 3.8) is 0 Å². The van der Waals surface area contributed by atoms with E-state index in [-0.39, 0.29) is 11.5 Å². The van der Waals surface area contributed by atoms with Gasteiger partial charge in [0.05, 0.1) is 11.3 Å². The van der Waals surface area contributed by atoms with Crippen molar-refractivity contribution in [2.24, 2.45) is 0 Å². The van der Waals surface area contributed by atoms with E-state index in [1.165, 1.54) is 5.69 Å². The lowest BCUT2D eigenvalue weighted by Crippen LogP contribution is -2.57. The molecule has 7 nitrogen and oxygen atoms in total. The SMILES string of the molecule is Cc1noc(C)c1C(=O)N1CCC2(CC1)C[C@@H](N1CCN(c3ccccc3)CC1)CCO2. The molecule has 0 radical (unpaired) electrons. The van der Waals surface area contributed by atoms with Crippen LogP contribution in [0.1, 0.15) is 47.5 Å². The van der Waals surface area contributed by atoms with Gasteiger partial charge in [-0.1, -0.05) is 23.4 Å². The summed E-state index contributed by atoms with van der Waals surface area (Å²) in [6.07, 6.45) is 3.99. The van der Waals surface area contributed by atoms with E-state index in [0.717, 1.165) is 71.6 Å². The van der Waals surface area contributed by atoms with E-state index in [0.29, 0.717) is 23.1 Å². The Morgan fingerprint density at radius 1 is 1.03 bits per heavy atom. The maximum atomic E-state index is 13.0. The first-order valence-electron chi connectivity index (χ1n) is 11.9. The summed E-state index contributed by atoms with van der Waals surface area (Å²) >= 11 is 0. The van der Waals surface area contributed by atoms with Gasteiger partial charge in [-0.25, -0.2) is 0 Å². The Kier molecular flexibility index (Phi) is 5.95. The number of hydrogen-bond donors (Lipinski definition) is 0. The van der Waals surface area contributed by atoms with Crippen LogP contribution in [0, 0.1) is 13.8 Å². The van der Waals surface area contributed by atoms with Crippen LogP contribution in [-0.2, 0) is 4.74 Å². The number of carbonyl (C=O) groups is 1. The highest BCUT2D eigenvalue weighted by Gasteiger charge is 2.43. The van der Waals surface area contributed by atoms with E-state index in [2.05, 4.69) is 45.3 Å². The third kappa shape index (κ3) is 4.16. The zero-order valence-electron chi connectivity index (χ0n) is 19.3. The number of amides is 1. The van der Waals surface area contributed by atoms with Crippen LogP contribution in [0.15, 0.2) is 34.9 Å². The van der Waals surface area contributed by atoms with Crippen molar-refractivity contribution in [2.45, 2.75) is 51.2 Å². The van der Waals surface area contributed by atoms with Gasteiger partial charge < -0.3 is 19.1 Å². The lowest BCUT2D eigenvalue weighted by Gasteiger charge is -2.49. The number of benzene rings is 1. The Balaban J connectivity index is 1.17. The number of piperazine rings is 1. The molecule has 2 aromatic rings. The van der Waals surface area contributed by atoms with Gasteiger partial charge in [0.1, 0.15) is 11.3 Å². The second-order valence-corrected chi connectivity index (χ2v) is 9.53. The molecule has 5 rings (SSSR count). The van der Waals surface area contributed by atoms with E-state index in [9.17, 15) is 4.79 Å². The van der Waals surface area contributed by atoms with Gasteiger partial charge in [0.15, 0.2) is 0 Å². The molecule has 0 N–H and O–H groups in total. The Morgan fingerprint density at radius 3 is 2.41 bits per heavy atom. The van der Waals surface area contributed by atoms with Crippen LogP contribution < -0.4 is 4.90 Å². The highest BCUT2D eigenvalue weighted by atomic mass is 16.5. The standard InChI is InChI=1S/C25H34N4O3/c1-19-23(20(2)32-26-19)24(30)29-11-9-25(10-12-29)18-22(8-17-31-25)28-15-13-27(14-16-28)21-6-4-3-5-7-21/h3-7,22H,8-18H2,1-2H3/t22-/m0/s1. The molecule has 7 heteroatoms. The smallest absolute Gasteiger partial charge is 0.259 e. The second-order valence-electron chi connectivity index (χ2n) is 9.53. The maximum absolute atomic E-state index is 13.0. The predicted octanol–water partition coefficient (Wildman–Crippen LogP) is 3.27. The zero-order chi connectivity index (χ0) is 22.1. The molecular weight excluding hydrogens is 404 g/mol. The summed E-state index contributed by atoms with van der Waals surface area (Å²) in [7, 11) is 0. The van der Waals surface area contributed by atoms with Gasteiger partial charge in [-0.15, -0.1) is 0 Å². The zero-order valence-corrected chi connectivity index (χ0v) is 19.3. The highest BCUT2D eigenvalue weighted by molar-refractivity contribution is 5.96. The van der Waals surface area contributed by atoms with Gasteiger partial charge in [0.25, 0.3) is 5.91 Å². The maximum Gasteiger partial charge on any atom is 0.259 e. The van der Waals surface area contributed by atoms with Crippen molar-refractivity contribution in [2.75, 3.05) is 50.8 Å². The van der Waals surface area contributed by atoms with Gasteiger partial charge in [-0.2, -0.15) is 0 Å². The largest absolute Gasteiger partial charge is 0.375 e. The molecule has 1 amide bonds. The first-order valence-corrected chi connectivity index (χ1v) is 11.9. The minimum atomic E-state index is -0.0883. The molecule has 1 aromatic carbocycles. The first kappa shape index (κ1) is 21.5. The third-order valence-corrected chi connectivity index (χ3v) is 7.63. The first-order chi connectivity index (χ1) is 15.5. The molecule has 0 saturated carbocycles. The number of hydrogen-bond acceptors (Lipinski definition) is 6. The summed E-state index contributed by atoms with van der Waals surface area (Å²) in [6, 6.07) is 11.3. The van der Waals surface area contributed by atoms with E-state index >= 15 is 0 Å². The number of para-hydroxylation sites is 1. The molecule has 1 aromatic heterocycles. The Morgan fingerprint density at radius 2 is 1.75 bits per heavy atom. The average Bonchev–Trinajstić information content (AvgIpc) is 3.17. The predicted molar refractivity (Wildman–Crippen MR) is 123 cm³/mol. The summed E-state index contributed by atoms with van der Waals surface area (Å²) in [5, 5.41) is 3.95. The molecule has 3 aliphatic rings. The summed E-state index contributed by atoms with van der Waals surface area (Å²) in [5.41, 5.74) is 2.54. The molecule has 172 valence electrons. The molecule has 4 heterocycles. The molecule has 32 heavy (non-hydrogen) atoms. The molecule has 1 spiro atoms. The summed E-state index contributed by atoms with van der Waals surface area (Å²) < 4.78 is 11.6. The van der Waals surface area contributed by atoms with Crippen molar-refractivity contribution >= 4 is 11.6 Å². The fourth-order valence-corrected chi connectivity index (χ4v) is 5.71. The van der Waals surface area contributed by atoms with Crippen molar-refractivity contribution in [3.8, 4) is 0 Å². The lowest BCUT2D eigenvalue weighted by atomic mass is 9.81. The van der Waals surface area contributed by atoms with Crippen molar-refractivity contribution in [3.05, 3.63) is 47.3 Å². The van der Waals surface area contributed by atoms with E-state index < -0.39 is 0 Å². The van der Waals surface area contributed by atoms with Crippen LogP contribution in [0.4, 0.5) is 5.69 Å². The number of aromatic nitrogens is 1. The van der Waals surface area contributed by atoms with Gasteiger partial charge >= 0.3 is 0 Å². The normalized spacial score (nSPS) is 24.1. The number of carbonyl (C=O) groups excluding carboxylic acids is 1. The van der Waals surface area contributed by atoms with Crippen LogP contribution >= 0.6 is 0 Å². The Hall–Kier alpha value is -2.38. The van der Waals surface area contributed by atoms with Crippen LogP contribution in [0.5, 0.6) is 0 Å². The Bertz CT molecular complexity index is 908. The van der Waals surface area contributed by atoms with Gasteiger partial charge in [-0.3, -0.25) is 9.69 Å². The fraction of sp³-hybridized carbons (Fsp3) is 0.600. The number of nitrogens with zero attached hydrogens (tertiary/aromatic N) is 4. The van der Waals surface area contributed by atoms with E-state index in [1.807, 2.05) is 18.7 Å². The minimum Gasteiger partial charge on any atom is -0.375 e. The average molecular weight is 439 g/mol. The van der Waals surface area contributed by atoms with Gasteiger partial charge in [-0.05, 0) is 51.7 Å². The second kappa shape index (κ2) is 8.87. The number of piperidine rings is 1. The third-order valence-electron chi connectivity index (χ3n) is 7.63. The number of ether oxygens (including phenoxy) is 1. The van der Waals surface area contributed by atoms with Crippen LogP contribution in [0.25, 0.3) is 0 Å². The number of likely N-dealkylation sites (tertiary alicyclic amines) is 1. The van der Waals surface area contributed by atoms with Gasteiger partial charge in [0.2, 0.25) is 0 Å². The molecule has 0 aliphatic carbocycles. The molecule has 0 unspecified atom stereocenters. The van der Waals surface area contributed by atoms with E-state index in [1.54, 1.807) is 0 Å². The molecule has 0 bridgehead atoms. The minimum absolute atomic E-state index is 0.0421. The van der Waals surface area contributed by atoms with Crippen LogP contribution in [0.3, 0.4) is 0 Å². The van der Waals surface area contributed by atoms with E-state index in [4.69, 9.17) is 9.26 Å². The summed E-state index contributed by atoms with van der Waals surface area (Å²) in [4.78, 5) is 20.1. The van der Waals surface area contributed by atoms with Crippen molar-refractivity contribution < 1.29 is 14.1 Å². The molecule has 3 saturated heterocycles. The van der Waals surface area contributed by atoms with Crippen LogP contribution in [-0.4, -0.2) is 78.4 Å². The quantitative estimate of drug-likeness (QED) is 0.733. The molecule has 3 fully saturated rings. The van der Waals surface area contributed by atoms with Crippen molar-refractivity contribution in [1.29, 1.82) is 0 Å². The molecule has 3 aliphatic heterocycles. The Labute approximate surface area is 190 Å². The monoisotopic (exact) mass is 438 g/mol. The summed E-state index contributed by atoms with van der Waals surface area (Å²) in [5.74, 6) is 0.650. The van der Waals surface area contributed by atoms with Crippen LogP contribution in [0.2, 0.25) is 0 Å². The number of rotatable bonds is 3. The van der Waals surface area contributed by atoms with Crippen molar-refractivity contribution in [1.82, 2.24) is 15.0 Å². The fourth-order valence-electron chi connectivity index (χ4n) is 5.71. The number of anilines is 1. The molecular formula is C25H34N4O3. The highest BCUT2D eigenvalue weighted by Crippen LogP contribution is 2.37. The molecule has 1 atom stereocenters. The number of aryl methyl sites for hydroxylation is 2. The summed E-state index contributed by atoms with van der Waals surface area (Å²) in [6.45, 7) is 10.3. The lowest BCUT2D eigenvalue weighted by molar-refractivity contribution is -0.130.